The fraction of sp³-hybridized carbons (Fsp3) is 0.333. The van der Waals surface area contributed by atoms with Crippen LogP contribution in [0.15, 0.2) is 36.8 Å². The van der Waals surface area contributed by atoms with Gasteiger partial charge in [-0.2, -0.15) is 0 Å². The number of benzene rings is 1. The maximum Gasteiger partial charge on any atom is 0.253 e. The smallest absolute Gasteiger partial charge is 0.253 e. The summed E-state index contributed by atoms with van der Waals surface area (Å²) in [6.07, 6.45) is 4.99. The van der Waals surface area contributed by atoms with Gasteiger partial charge in [0.15, 0.2) is 0 Å². The molecule has 3 heterocycles. The van der Waals surface area contributed by atoms with E-state index in [1.54, 1.807) is 6.20 Å². The number of hydrogen-bond acceptors (Lipinski definition) is 6. The van der Waals surface area contributed by atoms with Crippen LogP contribution in [0.2, 0.25) is 0 Å². The van der Waals surface area contributed by atoms with Gasteiger partial charge in [0, 0.05) is 37.5 Å². The number of morpholine rings is 1. The summed E-state index contributed by atoms with van der Waals surface area (Å²) in [5.74, 6) is -2.07. The van der Waals surface area contributed by atoms with E-state index in [4.69, 9.17) is 4.74 Å². The van der Waals surface area contributed by atoms with Crippen molar-refractivity contribution in [3.63, 3.8) is 0 Å². The van der Waals surface area contributed by atoms with Crippen molar-refractivity contribution in [1.29, 1.82) is 0 Å². The first-order valence-corrected chi connectivity index (χ1v) is 10.1. The average molecular weight is 443 g/mol. The molecule has 4 rings (SSSR count). The minimum absolute atomic E-state index is 0.0115. The van der Waals surface area contributed by atoms with Crippen molar-refractivity contribution < 1.29 is 28.6 Å². The van der Waals surface area contributed by atoms with Crippen molar-refractivity contribution >= 4 is 35.2 Å². The first-order chi connectivity index (χ1) is 15.4. The summed E-state index contributed by atoms with van der Waals surface area (Å²) in [5.41, 5.74) is 0.825. The van der Waals surface area contributed by atoms with Gasteiger partial charge >= 0.3 is 0 Å². The van der Waals surface area contributed by atoms with Crippen LogP contribution in [-0.4, -0.2) is 76.1 Å². The third kappa shape index (κ3) is 4.68. The molecule has 2 fully saturated rings. The lowest BCUT2D eigenvalue weighted by atomic mass is 10.1. The highest BCUT2D eigenvalue weighted by atomic mass is 19.1. The van der Waals surface area contributed by atoms with Crippen LogP contribution in [-0.2, 0) is 19.1 Å². The molecule has 1 aromatic carbocycles. The number of nitrogens with one attached hydrogen (secondary N) is 2. The van der Waals surface area contributed by atoms with E-state index in [0.29, 0.717) is 24.5 Å². The molecule has 0 bridgehead atoms. The Labute approximate surface area is 182 Å². The van der Waals surface area contributed by atoms with Gasteiger partial charge in [0.25, 0.3) is 5.91 Å². The maximum atomic E-state index is 14.7. The Morgan fingerprint density at radius 2 is 2.22 bits per heavy atom. The monoisotopic (exact) mass is 443 g/mol. The molecule has 32 heavy (non-hydrogen) atoms. The van der Waals surface area contributed by atoms with Gasteiger partial charge < -0.3 is 29.9 Å². The van der Waals surface area contributed by atoms with E-state index < -0.39 is 29.8 Å². The molecule has 0 unspecified atom stereocenters. The van der Waals surface area contributed by atoms with Crippen LogP contribution in [0.1, 0.15) is 12.1 Å². The number of carbonyl (C=O) groups excluding carboxylic acids is 3. The molecule has 2 aromatic rings. The molecule has 3 amide bonds. The number of ether oxygens (including phenoxy) is 1. The van der Waals surface area contributed by atoms with Gasteiger partial charge in [-0.15, -0.1) is 0 Å². The van der Waals surface area contributed by atoms with Gasteiger partial charge in [0.2, 0.25) is 11.8 Å². The van der Waals surface area contributed by atoms with E-state index >= 15 is 0 Å². The molecular formula is C21H22FN5O5. The molecule has 2 aliphatic rings. The number of aromatic nitrogens is 2. The number of β-amino-alcohol motifs (C(OH)–C–C–N with tert-alkyl or cyclic N) is 1. The summed E-state index contributed by atoms with van der Waals surface area (Å²) in [6, 6.07) is 3.10. The minimum Gasteiger partial charge on any atom is -0.391 e. The second kappa shape index (κ2) is 9.28. The number of rotatable bonds is 5. The lowest BCUT2D eigenvalue weighted by molar-refractivity contribution is -0.132. The molecule has 2 saturated heterocycles. The Kier molecular flexibility index (Phi) is 6.28. The summed E-state index contributed by atoms with van der Waals surface area (Å²) in [4.78, 5) is 46.7. The van der Waals surface area contributed by atoms with Gasteiger partial charge in [-0.1, -0.05) is 0 Å². The van der Waals surface area contributed by atoms with Crippen LogP contribution in [0.25, 0.3) is 6.08 Å². The fourth-order valence-electron chi connectivity index (χ4n) is 3.70. The van der Waals surface area contributed by atoms with E-state index in [1.807, 2.05) is 0 Å². The number of carbonyl (C=O) groups is 3. The molecule has 0 saturated carbocycles. The number of anilines is 2. The first kappa shape index (κ1) is 21.7. The molecule has 2 aliphatic heterocycles. The van der Waals surface area contributed by atoms with Crippen molar-refractivity contribution in [2.45, 2.75) is 18.6 Å². The number of imidazole rings is 1. The van der Waals surface area contributed by atoms with Crippen LogP contribution in [0.5, 0.6) is 0 Å². The van der Waals surface area contributed by atoms with Gasteiger partial charge in [-0.25, -0.2) is 9.37 Å². The highest BCUT2D eigenvalue weighted by Crippen LogP contribution is 2.25. The van der Waals surface area contributed by atoms with E-state index in [9.17, 15) is 23.9 Å². The Hall–Kier alpha value is -3.57. The Morgan fingerprint density at radius 3 is 2.94 bits per heavy atom. The van der Waals surface area contributed by atoms with E-state index in [2.05, 4.69) is 15.3 Å². The number of likely N-dealkylation sites (tertiary alicyclic amines) is 1. The number of halogens is 1. The first-order valence-electron chi connectivity index (χ1n) is 10.1. The number of aliphatic hydroxyl groups is 1. The normalized spacial score (nSPS) is 21.4. The molecule has 0 radical (unpaired) electrons. The van der Waals surface area contributed by atoms with Crippen molar-refractivity contribution in [2.75, 3.05) is 36.5 Å². The van der Waals surface area contributed by atoms with Crippen molar-refractivity contribution in [3.05, 3.63) is 48.3 Å². The molecule has 11 heteroatoms. The van der Waals surface area contributed by atoms with E-state index in [1.165, 1.54) is 40.4 Å². The van der Waals surface area contributed by atoms with Crippen molar-refractivity contribution in [3.8, 4) is 0 Å². The van der Waals surface area contributed by atoms with Crippen molar-refractivity contribution in [1.82, 2.24) is 14.9 Å². The van der Waals surface area contributed by atoms with E-state index in [-0.39, 0.29) is 31.2 Å². The third-order valence-electron chi connectivity index (χ3n) is 5.29. The number of aromatic amines is 1. The quantitative estimate of drug-likeness (QED) is 0.579. The van der Waals surface area contributed by atoms with Crippen LogP contribution < -0.4 is 10.2 Å². The molecule has 1 aromatic heterocycles. The Balaban J connectivity index is 1.45. The van der Waals surface area contributed by atoms with Crippen LogP contribution in [0, 0.1) is 5.82 Å². The summed E-state index contributed by atoms with van der Waals surface area (Å²) < 4.78 is 19.7. The lowest BCUT2D eigenvalue weighted by Crippen LogP contribution is -2.42. The lowest BCUT2D eigenvalue weighted by Gasteiger charge is -2.27. The highest BCUT2D eigenvalue weighted by Gasteiger charge is 2.38. The number of H-pyrrole nitrogens is 1. The second-order valence-electron chi connectivity index (χ2n) is 7.47. The number of amides is 3. The zero-order valence-corrected chi connectivity index (χ0v) is 17.0. The van der Waals surface area contributed by atoms with Gasteiger partial charge in [-0.05, 0) is 24.3 Å². The second-order valence-corrected chi connectivity index (χ2v) is 7.47. The molecule has 168 valence electrons. The largest absolute Gasteiger partial charge is 0.391 e. The van der Waals surface area contributed by atoms with E-state index in [0.717, 1.165) is 6.07 Å². The summed E-state index contributed by atoms with van der Waals surface area (Å²) in [6.45, 7) is 0.589. The Bertz CT molecular complexity index is 1040. The molecule has 10 nitrogen and oxygen atoms in total. The molecule has 3 N–H and O–H groups in total. The molecular weight excluding hydrogens is 421 g/mol. The SMILES string of the molecule is O=C(Nc1ccc(N2CCOCC2=O)cc1F)[C@H]1C[C@@H](O)CN1C(=O)C=Cc1c[nH]cn1. The molecule has 0 spiro atoms. The number of nitrogens with zero attached hydrogens (tertiary/aromatic N) is 3. The average Bonchev–Trinajstić information content (AvgIpc) is 3.43. The zero-order valence-electron chi connectivity index (χ0n) is 17.0. The third-order valence-corrected chi connectivity index (χ3v) is 5.29. The summed E-state index contributed by atoms with van der Waals surface area (Å²) >= 11 is 0. The standard InChI is InChI=1S/C21H22FN5O5/c22-16-7-14(26-5-6-32-11-20(26)30)2-3-17(16)25-21(31)18-8-15(28)10-27(18)19(29)4-1-13-9-23-12-24-13/h1-4,7,9,12,15,18,28H,5-6,8,10-11H2,(H,23,24)(H,25,31)/t15-,18-/m1/s1. The predicted octanol–water partition coefficient (Wildman–Crippen LogP) is 0.526. The zero-order chi connectivity index (χ0) is 22.7. The van der Waals surface area contributed by atoms with Crippen LogP contribution in [0.4, 0.5) is 15.8 Å². The van der Waals surface area contributed by atoms with Gasteiger partial charge in [0.1, 0.15) is 18.5 Å². The van der Waals surface area contributed by atoms with Crippen LogP contribution in [0.3, 0.4) is 0 Å². The predicted molar refractivity (Wildman–Crippen MR) is 112 cm³/mol. The highest BCUT2D eigenvalue weighted by molar-refractivity contribution is 6.01. The topological polar surface area (TPSA) is 128 Å². The fourth-order valence-corrected chi connectivity index (χ4v) is 3.70. The van der Waals surface area contributed by atoms with Gasteiger partial charge in [0.05, 0.1) is 30.4 Å². The summed E-state index contributed by atoms with van der Waals surface area (Å²) in [5, 5.41) is 12.5. The number of hydrogen-bond donors (Lipinski definition) is 3. The molecule has 0 aliphatic carbocycles. The number of aliphatic hydroxyl groups excluding tert-OH is 1. The Morgan fingerprint density at radius 1 is 1.38 bits per heavy atom. The van der Waals surface area contributed by atoms with Crippen LogP contribution >= 0.6 is 0 Å². The van der Waals surface area contributed by atoms with Crippen molar-refractivity contribution in [2.24, 2.45) is 0 Å². The molecule has 2 atom stereocenters. The maximum absolute atomic E-state index is 14.7. The summed E-state index contributed by atoms with van der Waals surface area (Å²) in [7, 11) is 0. The minimum atomic E-state index is -0.957. The van der Waals surface area contributed by atoms with Gasteiger partial charge in [-0.3, -0.25) is 14.4 Å².